The van der Waals surface area contributed by atoms with Crippen LogP contribution in [0.4, 0.5) is 0 Å². The van der Waals surface area contributed by atoms with E-state index in [1.54, 1.807) is 60.7 Å². The summed E-state index contributed by atoms with van der Waals surface area (Å²) in [5, 5.41) is 2.69. The molecule has 0 heterocycles. The predicted molar refractivity (Wildman–Crippen MR) is 97.2 cm³/mol. The third-order valence-electron chi connectivity index (χ3n) is 3.62. The first-order chi connectivity index (χ1) is 12.5. The smallest absolute Gasteiger partial charge is 0.340 e. The van der Waals surface area contributed by atoms with E-state index in [4.69, 9.17) is 4.84 Å². The van der Waals surface area contributed by atoms with E-state index in [9.17, 15) is 14.4 Å². The Morgan fingerprint density at radius 1 is 0.885 bits per heavy atom. The summed E-state index contributed by atoms with van der Waals surface area (Å²) < 4.78 is 0. The van der Waals surface area contributed by atoms with Gasteiger partial charge < -0.3 is 10.2 Å². The number of hydrogen-bond acceptors (Lipinski definition) is 4. The first-order valence-corrected chi connectivity index (χ1v) is 8.39. The molecule has 0 saturated carbocycles. The summed E-state index contributed by atoms with van der Waals surface area (Å²) in [5.74, 6) is -1.45. The highest BCUT2D eigenvalue weighted by atomic mass is 16.7. The van der Waals surface area contributed by atoms with Gasteiger partial charge in [0.15, 0.2) is 0 Å². The minimum absolute atomic E-state index is 0.159. The molecule has 2 aromatic rings. The number of hydroxylamine groups is 1. The van der Waals surface area contributed by atoms with E-state index in [-0.39, 0.29) is 11.8 Å². The molecule has 2 rings (SSSR count). The van der Waals surface area contributed by atoms with Crippen molar-refractivity contribution in [3.05, 3.63) is 71.8 Å². The Morgan fingerprint density at radius 3 is 1.96 bits per heavy atom. The Bertz CT molecular complexity index is 745. The molecule has 2 amide bonds. The lowest BCUT2D eigenvalue weighted by Crippen LogP contribution is -2.47. The van der Waals surface area contributed by atoms with Gasteiger partial charge in [0.1, 0.15) is 6.04 Å². The minimum atomic E-state index is -0.814. The van der Waals surface area contributed by atoms with Crippen LogP contribution in [-0.4, -0.2) is 23.8 Å². The lowest BCUT2D eigenvalue weighted by atomic mass is 10.0. The highest BCUT2D eigenvalue weighted by Gasteiger charge is 2.23. The van der Waals surface area contributed by atoms with Gasteiger partial charge in [-0.3, -0.25) is 9.59 Å². The maximum atomic E-state index is 12.4. The van der Waals surface area contributed by atoms with Gasteiger partial charge in [0, 0.05) is 5.56 Å². The van der Waals surface area contributed by atoms with Crippen molar-refractivity contribution in [3.63, 3.8) is 0 Å². The van der Waals surface area contributed by atoms with Crippen LogP contribution in [0.5, 0.6) is 0 Å². The summed E-state index contributed by atoms with van der Waals surface area (Å²) in [7, 11) is 0. The summed E-state index contributed by atoms with van der Waals surface area (Å²) >= 11 is 0. The van der Waals surface area contributed by atoms with Crippen LogP contribution in [-0.2, 0) is 9.63 Å². The molecule has 0 fully saturated rings. The van der Waals surface area contributed by atoms with E-state index < -0.39 is 17.9 Å². The SMILES string of the molecule is CC(C)C[C@H](NC(=O)c1ccccc1)C(=O)NOC(=O)c1ccccc1. The molecule has 2 N–H and O–H groups in total. The molecule has 136 valence electrons. The largest absolute Gasteiger partial charge is 0.362 e. The van der Waals surface area contributed by atoms with Crippen LogP contribution in [0.25, 0.3) is 0 Å². The third-order valence-corrected chi connectivity index (χ3v) is 3.62. The number of benzene rings is 2. The van der Waals surface area contributed by atoms with Gasteiger partial charge in [0.2, 0.25) is 0 Å². The molecule has 0 aliphatic carbocycles. The van der Waals surface area contributed by atoms with Gasteiger partial charge in [-0.2, -0.15) is 5.48 Å². The van der Waals surface area contributed by atoms with Gasteiger partial charge >= 0.3 is 5.97 Å². The van der Waals surface area contributed by atoms with Crippen LogP contribution < -0.4 is 10.8 Å². The molecule has 6 nitrogen and oxygen atoms in total. The topological polar surface area (TPSA) is 84.5 Å². The van der Waals surface area contributed by atoms with Crippen LogP contribution >= 0.6 is 0 Å². The second-order valence-corrected chi connectivity index (χ2v) is 6.24. The summed E-state index contributed by atoms with van der Waals surface area (Å²) in [6.45, 7) is 3.87. The van der Waals surface area contributed by atoms with E-state index in [0.29, 0.717) is 17.5 Å². The molecule has 0 aliphatic rings. The Kier molecular flexibility index (Phi) is 6.91. The predicted octanol–water partition coefficient (Wildman–Crippen LogP) is 2.72. The molecule has 0 aliphatic heterocycles. The average molecular weight is 354 g/mol. The summed E-state index contributed by atoms with van der Waals surface area (Å²) in [4.78, 5) is 41.4. The lowest BCUT2D eigenvalue weighted by molar-refractivity contribution is -0.132. The Morgan fingerprint density at radius 2 is 1.42 bits per heavy atom. The van der Waals surface area contributed by atoms with Crippen molar-refractivity contribution in [2.75, 3.05) is 0 Å². The van der Waals surface area contributed by atoms with Crippen molar-refractivity contribution >= 4 is 17.8 Å². The summed E-state index contributed by atoms with van der Waals surface area (Å²) in [6.07, 6.45) is 0.410. The molecule has 0 spiro atoms. The van der Waals surface area contributed by atoms with Gasteiger partial charge in [0.05, 0.1) is 5.56 Å². The maximum absolute atomic E-state index is 12.4. The quantitative estimate of drug-likeness (QED) is 0.781. The van der Waals surface area contributed by atoms with Gasteiger partial charge in [-0.25, -0.2) is 4.79 Å². The average Bonchev–Trinajstić information content (AvgIpc) is 2.66. The Balaban J connectivity index is 1.98. The molecule has 0 saturated heterocycles. The number of rotatable bonds is 6. The molecule has 1 atom stereocenters. The van der Waals surface area contributed by atoms with Gasteiger partial charge in [-0.15, -0.1) is 0 Å². The monoisotopic (exact) mass is 354 g/mol. The zero-order valence-corrected chi connectivity index (χ0v) is 14.8. The Hall–Kier alpha value is -3.15. The van der Waals surface area contributed by atoms with Crippen LogP contribution in [0.15, 0.2) is 60.7 Å². The van der Waals surface area contributed by atoms with Gasteiger partial charge in [0.25, 0.3) is 11.8 Å². The minimum Gasteiger partial charge on any atom is -0.340 e. The van der Waals surface area contributed by atoms with E-state index in [1.165, 1.54) is 0 Å². The summed E-state index contributed by atoms with van der Waals surface area (Å²) in [6, 6.07) is 16.1. The van der Waals surface area contributed by atoms with E-state index in [0.717, 1.165) is 0 Å². The van der Waals surface area contributed by atoms with Crippen molar-refractivity contribution in [1.82, 2.24) is 10.8 Å². The highest BCUT2D eigenvalue weighted by Crippen LogP contribution is 2.08. The molecule has 0 radical (unpaired) electrons. The van der Waals surface area contributed by atoms with E-state index in [1.807, 2.05) is 13.8 Å². The molecule has 0 unspecified atom stereocenters. The fourth-order valence-electron chi connectivity index (χ4n) is 2.33. The van der Waals surface area contributed by atoms with Crippen molar-refractivity contribution in [3.8, 4) is 0 Å². The first-order valence-electron chi connectivity index (χ1n) is 8.39. The molecule has 26 heavy (non-hydrogen) atoms. The van der Waals surface area contributed by atoms with Gasteiger partial charge in [-0.05, 0) is 36.6 Å². The van der Waals surface area contributed by atoms with Crippen molar-refractivity contribution in [2.45, 2.75) is 26.3 Å². The third kappa shape index (κ3) is 5.73. The number of carbonyl (C=O) groups excluding carboxylic acids is 3. The molecular formula is C20H22N2O4. The zero-order valence-electron chi connectivity index (χ0n) is 14.8. The zero-order chi connectivity index (χ0) is 18.9. The Labute approximate surface area is 152 Å². The fraction of sp³-hybridized carbons (Fsp3) is 0.250. The first kappa shape index (κ1) is 19.2. The number of nitrogens with one attached hydrogen (secondary N) is 2. The number of carbonyl (C=O) groups is 3. The van der Waals surface area contributed by atoms with E-state index >= 15 is 0 Å². The summed E-state index contributed by atoms with van der Waals surface area (Å²) in [5.41, 5.74) is 2.91. The lowest BCUT2D eigenvalue weighted by Gasteiger charge is -2.19. The van der Waals surface area contributed by atoms with Crippen LogP contribution in [0, 0.1) is 5.92 Å². The van der Waals surface area contributed by atoms with Crippen molar-refractivity contribution in [2.24, 2.45) is 5.92 Å². The second-order valence-electron chi connectivity index (χ2n) is 6.24. The molecule has 2 aromatic carbocycles. The maximum Gasteiger partial charge on any atom is 0.362 e. The number of amides is 2. The van der Waals surface area contributed by atoms with Crippen LogP contribution in [0.1, 0.15) is 41.0 Å². The van der Waals surface area contributed by atoms with Gasteiger partial charge in [-0.1, -0.05) is 50.2 Å². The molecule has 0 bridgehead atoms. The van der Waals surface area contributed by atoms with Crippen LogP contribution in [0.3, 0.4) is 0 Å². The van der Waals surface area contributed by atoms with Crippen LogP contribution in [0.2, 0.25) is 0 Å². The fourth-order valence-corrected chi connectivity index (χ4v) is 2.33. The van der Waals surface area contributed by atoms with Crippen molar-refractivity contribution in [1.29, 1.82) is 0 Å². The standard InChI is InChI=1S/C20H22N2O4/c1-14(2)13-17(21-18(23)15-9-5-3-6-10-15)19(24)22-26-20(25)16-11-7-4-8-12-16/h3-12,14,17H,13H2,1-2H3,(H,21,23)(H,22,24)/t17-/m0/s1. The second kappa shape index (κ2) is 9.36. The molecular weight excluding hydrogens is 332 g/mol. The highest BCUT2D eigenvalue weighted by molar-refractivity contribution is 5.97. The molecule has 0 aromatic heterocycles. The molecule has 6 heteroatoms. The van der Waals surface area contributed by atoms with Crippen molar-refractivity contribution < 1.29 is 19.2 Å². The normalized spacial score (nSPS) is 11.5. The van der Waals surface area contributed by atoms with E-state index in [2.05, 4.69) is 10.8 Å². The number of hydrogen-bond donors (Lipinski definition) is 2.